The van der Waals surface area contributed by atoms with E-state index in [-0.39, 0.29) is 17.9 Å². The van der Waals surface area contributed by atoms with Crippen LogP contribution in [0, 0.1) is 6.92 Å². The SMILES string of the molecule is Cc1nc([C@@H]2CCCCN2C(=O)c2ccncc2)ncc1C(=O)N1CCCCC1. The van der Waals surface area contributed by atoms with E-state index in [9.17, 15) is 9.59 Å². The molecule has 0 saturated carbocycles. The number of hydrogen-bond acceptors (Lipinski definition) is 5. The van der Waals surface area contributed by atoms with Gasteiger partial charge in [-0.15, -0.1) is 0 Å². The highest BCUT2D eigenvalue weighted by Gasteiger charge is 2.31. The van der Waals surface area contributed by atoms with Crippen molar-refractivity contribution in [2.75, 3.05) is 19.6 Å². The van der Waals surface area contributed by atoms with Crippen molar-refractivity contribution in [3.8, 4) is 0 Å². The van der Waals surface area contributed by atoms with Gasteiger partial charge in [0.05, 0.1) is 17.3 Å². The Hall–Kier alpha value is -2.83. The average molecular weight is 393 g/mol. The number of hydrogen-bond donors (Lipinski definition) is 0. The van der Waals surface area contributed by atoms with Crippen LogP contribution in [-0.4, -0.2) is 56.2 Å². The van der Waals surface area contributed by atoms with Gasteiger partial charge in [-0.1, -0.05) is 0 Å². The van der Waals surface area contributed by atoms with Crippen molar-refractivity contribution >= 4 is 11.8 Å². The molecule has 2 amide bonds. The summed E-state index contributed by atoms with van der Waals surface area (Å²) in [5, 5.41) is 0. The summed E-state index contributed by atoms with van der Waals surface area (Å²) in [5.74, 6) is 0.619. The van der Waals surface area contributed by atoms with Crippen LogP contribution in [0.5, 0.6) is 0 Å². The predicted octanol–water partition coefficient (Wildman–Crippen LogP) is 3.17. The first-order valence-electron chi connectivity index (χ1n) is 10.5. The summed E-state index contributed by atoms with van der Waals surface area (Å²) in [6, 6.07) is 3.31. The van der Waals surface area contributed by atoms with E-state index in [1.54, 1.807) is 30.7 Å². The van der Waals surface area contributed by atoms with E-state index in [4.69, 9.17) is 0 Å². The number of rotatable bonds is 3. The Morgan fingerprint density at radius 3 is 2.41 bits per heavy atom. The van der Waals surface area contributed by atoms with Crippen molar-refractivity contribution in [3.05, 3.63) is 53.4 Å². The Morgan fingerprint density at radius 2 is 1.69 bits per heavy atom. The number of pyridine rings is 1. The van der Waals surface area contributed by atoms with E-state index in [1.807, 2.05) is 16.7 Å². The Morgan fingerprint density at radius 1 is 0.966 bits per heavy atom. The molecule has 2 aromatic rings. The van der Waals surface area contributed by atoms with Gasteiger partial charge in [0.25, 0.3) is 11.8 Å². The molecule has 0 bridgehead atoms. The molecule has 1 atom stereocenters. The van der Waals surface area contributed by atoms with Gasteiger partial charge in [0.2, 0.25) is 0 Å². The molecule has 7 nitrogen and oxygen atoms in total. The van der Waals surface area contributed by atoms with Gasteiger partial charge in [0.15, 0.2) is 5.82 Å². The number of carbonyl (C=O) groups is 2. The summed E-state index contributed by atoms with van der Waals surface area (Å²) >= 11 is 0. The molecule has 2 fully saturated rings. The van der Waals surface area contributed by atoms with Crippen molar-refractivity contribution in [3.63, 3.8) is 0 Å². The van der Waals surface area contributed by atoms with Crippen molar-refractivity contribution < 1.29 is 9.59 Å². The van der Waals surface area contributed by atoms with Crippen LogP contribution in [0.4, 0.5) is 0 Å². The molecule has 2 aliphatic heterocycles. The monoisotopic (exact) mass is 393 g/mol. The normalized spacial score (nSPS) is 19.8. The van der Waals surface area contributed by atoms with Crippen LogP contribution in [0.25, 0.3) is 0 Å². The second kappa shape index (κ2) is 8.68. The largest absolute Gasteiger partial charge is 0.339 e. The van der Waals surface area contributed by atoms with E-state index in [1.165, 1.54) is 6.42 Å². The summed E-state index contributed by atoms with van der Waals surface area (Å²) in [6.45, 7) is 4.15. The third-order valence-corrected chi connectivity index (χ3v) is 5.86. The molecule has 0 unspecified atom stereocenters. The van der Waals surface area contributed by atoms with Gasteiger partial charge in [0.1, 0.15) is 0 Å². The summed E-state index contributed by atoms with van der Waals surface area (Å²) in [7, 11) is 0. The summed E-state index contributed by atoms with van der Waals surface area (Å²) in [4.78, 5) is 42.8. The lowest BCUT2D eigenvalue weighted by atomic mass is 10.00. The molecule has 29 heavy (non-hydrogen) atoms. The highest BCUT2D eigenvalue weighted by atomic mass is 16.2. The van der Waals surface area contributed by atoms with Gasteiger partial charge >= 0.3 is 0 Å². The van der Waals surface area contributed by atoms with E-state index in [0.29, 0.717) is 29.2 Å². The lowest BCUT2D eigenvalue weighted by molar-refractivity contribution is 0.0597. The van der Waals surface area contributed by atoms with Gasteiger partial charge in [0, 0.05) is 43.8 Å². The Kier molecular flexibility index (Phi) is 5.83. The molecular formula is C22H27N5O2. The molecular weight excluding hydrogens is 366 g/mol. The molecule has 0 radical (unpaired) electrons. The van der Waals surface area contributed by atoms with Crippen LogP contribution in [0.15, 0.2) is 30.7 Å². The number of aromatic nitrogens is 3. The van der Waals surface area contributed by atoms with E-state index < -0.39 is 0 Å². The Balaban J connectivity index is 1.57. The zero-order chi connectivity index (χ0) is 20.2. The smallest absolute Gasteiger partial charge is 0.257 e. The number of likely N-dealkylation sites (tertiary alicyclic amines) is 2. The molecule has 0 N–H and O–H groups in total. The molecule has 0 aliphatic carbocycles. The molecule has 0 spiro atoms. The van der Waals surface area contributed by atoms with Crippen LogP contribution in [0.2, 0.25) is 0 Å². The molecule has 7 heteroatoms. The minimum atomic E-state index is -0.165. The van der Waals surface area contributed by atoms with Gasteiger partial charge in [-0.25, -0.2) is 9.97 Å². The number of amides is 2. The van der Waals surface area contributed by atoms with Crippen LogP contribution in [0.3, 0.4) is 0 Å². The Bertz CT molecular complexity index is 880. The number of piperidine rings is 2. The maximum atomic E-state index is 13.0. The topological polar surface area (TPSA) is 79.3 Å². The summed E-state index contributed by atoms with van der Waals surface area (Å²) < 4.78 is 0. The number of carbonyl (C=O) groups excluding carboxylic acids is 2. The van der Waals surface area contributed by atoms with E-state index in [2.05, 4.69) is 15.0 Å². The third kappa shape index (κ3) is 4.13. The average Bonchev–Trinajstić information content (AvgIpc) is 2.79. The number of aryl methyl sites for hydroxylation is 1. The zero-order valence-corrected chi connectivity index (χ0v) is 16.9. The number of nitrogens with zero attached hydrogens (tertiary/aromatic N) is 5. The van der Waals surface area contributed by atoms with E-state index >= 15 is 0 Å². The van der Waals surface area contributed by atoms with Crippen LogP contribution in [-0.2, 0) is 0 Å². The summed E-state index contributed by atoms with van der Waals surface area (Å²) in [5.41, 5.74) is 1.88. The van der Waals surface area contributed by atoms with Crippen LogP contribution >= 0.6 is 0 Å². The van der Waals surface area contributed by atoms with Crippen molar-refractivity contribution in [2.24, 2.45) is 0 Å². The first-order chi connectivity index (χ1) is 14.1. The highest BCUT2D eigenvalue weighted by Crippen LogP contribution is 2.30. The second-order valence-electron chi connectivity index (χ2n) is 7.83. The summed E-state index contributed by atoms with van der Waals surface area (Å²) in [6.07, 6.45) is 11.0. The van der Waals surface area contributed by atoms with Gasteiger partial charge < -0.3 is 9.80 Å². The Labute approximate surface area is 171 Å². The molecule has 2 saturated heterocycles. The quantitative estimate of drug-likeness (QED) is 0.800. The van der Waals surface area contributed by atoms with Crippen LogP contribution in [0.1, 0.15) is 76.8 Å². The lowest BCUT2D eigenvalue weighted by Crippen LogP contribution is -2.39. The van der Waals surface area contributed by atoms with Crippen LogP contribution < -0.4 is 0 Å². The minimum Gasteiger partial charge on any atom is -0.339 e. The lowest BCUT2D eigenvalue weighted by Gasteiger charge is -2.35. The second-order valence-corrected chi connectivity index (χ2v) is 7.83. The van der Waals surface area contributed by atoms with Gasteiger partial charge in [-0.2, -0.15) is 0 Å². The fourth-order valence-corrected chi connectivity index (χ4v) is 4.23. The standard InChI is InChI=1S/C22H27N5O2/c1-16-18(22(29)26-12-4-2-5-13-26)15-24-20(25-16)19-7-3-6-14-27(19)21(28)17-8-10-23-11-9-17/h8-11,15,19H,2-7,12-14H2,1H3/t19-/m0/s1. The highest BCUT2D eigenvalue weighted by molar-refractivity contribution is 5.95. The maximum absolute atomic E-state index is 13.0. The van der Waals surface area contributed by atoms with Crippen molar-refractivity contribution in [2.45, 2.75) is 51.5 Å². The van der Waals surface area contributed by atoms with Gasteiger partial charge in [-0.05, 0) is 57.6 Å². The first-order valence-corrected chi connectivity index (χ1v) is 10.5. The molecule has 2 aliphatic rings. The van der Waals surface area contributed by atoms with E-state index in [0.717, 1.165) is 45.2 Å². The fraction of sp³-hybridized carbons (Fsp3) is 0.500. The molecule has 4 rings (SSSR count). The van der Waals surface area contributed by atoms with Gasteiger partial charge in [-0.3, -0.25) is 14.6 Å². The third-order valence-electron chi connectivity index (χ3n) is 5.86. The zero-order valence-electron chi connectivity index (χ0n) is 16.9. The molecule has 2 aromatic heterocycles. The fourth-order valence-electron chi connectivity index (χ4n) is 4.23. The first kappa shape index (κ1) is 19.5. The molecule has 152 valence electrons. The minimum absolute atomic E-state index is 0.0158. The van der Waals surface area contributed by atoms with Crippen molar-refractivity contribution in [1.82, 2.24) is 24.8 Å². The maximum Gasteiger partial charge on any atom is 0.257 e. The predicted molar refractivity (Wildman–Crippen MR) is 108 cm³/mol. The molecule has 0 aromatic carbocycles. The van der Waals surface area contributed by atoms with Crippen molar-refractivity contribution in [1.29, 1.82) is 0 Å². The molecule has 4 heterocycles.